The second kappa shape index (κ2) is 12.9. The molecule has 182 valence electrons. The maximum absolute atomic E-state index is 11.9. The molecule has 0 amide bonds. The van der Waals surface area contributed by atoms with E-state index in [1.54, 1.807) is 35.0 Å². The minimum Gasteiger partial charge on any atom is -0.394 e. The zero-order chi connectivity index (χ0) is 23.6. The van der Waals surface area contributed by atoms with Crippen molar-refractivity contribution in [2.24, 2.45) is 5.84 Å². The number of nitrogen functional groups attached to an aromatic ring is 1. The zero-order valence-corrected chi connectivity index (χ0v) is 19.9. The number of nitrogens with zero attached hydrogens (tertiary/aromatic N) is 3. The van der Waals surface area contributed by atoms with Crippen molar-refractivity contribution in [3.05, 3.63) is 36.1 Å². The molecular formula is C23H35FN6O2S. The number of benzene rings is 1. The molecule has 6 N–H and O–H groups in total. The quantitative estimate of drug-likeness (QED) is 0.176. The molecule has 2 aromatic rings. The van der Waals surface area contributed by atoms with Crippen molar-refractivity contribution in [3.8, 4) is 0 Å². The number of thioether (sulfide) groups is 1. The first kappa shape index (κ1) is 25.5. The standard InChI is InChI=1S/C17H30N6O2S.C6H5F/c1-2-9-26-17-21-15(20-11-3-4-11)14(18)16(22-17)23(19)12-5-6-13(10-12)25-8-7-24;7-6-4-2-1-3-5-6/h11-13,24H,2-10,18-19H2,1H3,(H,20,21,22);1-5H/t12-,13?;/m0./s1. The van der Waals surface area contributed by atoms with Crippen molar-refractivity contribution in [1.82, 2.24) is 9.97 Å². The number of rotatable bonds is 10. The van der Waals surface area contributed by atoms with Crippen LogP contribution >= 0.6 is 11.8 Å². The molecule has 0 bridgehead atoms. The third-order valence-corrected chi connectivity index (χ3v) is 6.48. The molecule has 2 aliphatic rings. The van der Waals surface area contributed by atoms with Gasteiger partial charge in [-0.3, -0.25) is 5.01 Å². The van der Waals surface area contributed by atoms with E-state index in [2.05, 4.69) is 22.2 Å². The molecule has 2 fully saturated rings. The van der Waals surface area contributed by atoms with E-state index in [4.69, 9.17) is 21.4 Å². The van der Waals surface area contributed by atoms with Gasteiger partial charge in [0.1, 0.15) is 11.5 Å². The Bertz CT molecular complexity index is 858. The van der Waals surface area contributed by atoms with Crippen LogP contribution < -0.4 is 21.9 Å². The van der Waals surface area contributed by atoms with Gasteiger partial charge < -0.3 is 20.9 Å². The second-order valence-electron chi connectivity index (χ2n) is 8.25. The fourth-order valence-electron chi connectivity index (χ4n) is 3.55. The van der Waals surface area contributed by atoms with Gasteiger partial charge in [-0.25, -0.2) is 20.2 Å². The lowest BCUT2D eigenvalue weighted by molar-refractivity contribution is 0.0322. The summed E-state index contributed by atoms with van der Waals surface area (Å²) in [7, 11) is 0. The van der Waals surface area contributed by atoms with Crippen LogP contribution in [0.25, 0.3) is 0 Å². The van der Waals surface area contributed by atoms with Gasteiger partial charge >= 0.3 is 0 Å². The second-order valence-corrected chi connectivity index (χ2v) is 9.31. The summed E-state index contributed by atoms with van der Waals surface area (Å²) in [4.78, 5) is 9.23. The average Bonchev–Trinajstić information content (AvgIpc) is 3.52. The molecule has 8 nitrogen and oxygen atoms in total. The summed E-state index contributed by atoms with van der Waals surface area (Å²) in [5.41, 5.74) is 6.87. The Morgan fingerprint density at radius 1 is 1.21 bits per heavy atom. The lowest BCUT2D eigenvalue weighted by Gasteiger charge is -2.27. The van der Waals surface area contributed by atoms with Gasteiger partial charge in [0.2, 0.25) is 0 Å². The summed E-state index contributed by atoms with van der Waals surface area (Å²) in [6, 6.07) is 8.51. The fraction of sp³-hybridized carbons (Fsp3) is 0.565. The molecule has 1 unspecified atom stereocenters. The van der Waals surface area contributed by atoms with E-state index >= 15 is 0 Å². The Balaban J connectivity index is 0.000000374. The lowest BCUT2D eigenvalue weighted by Crippen LogP contribution is -2.41. The number of hydrogen-bond donors (Lipinski definition) is 4. The molecule has 0 spiro atoms. The molecule has 2 aliphatic carbocycles. The van der Waals surface area contributed by atoms with Gasteiger partial charge in [0.15, 0.2) is 16.8 Å². The van der Waals surface area contributed by atoms with Crippen molar-refractivity contribution < 1.29 is 14.2 Å². The van der Waals surface area contributed by atoms with Crippen LogP contribution in [0.5, 0.6) is 0 Å². The summed E-state index contributed by atoms with van der Waals surface area (Å²) in [5.74, 6) is 8.49. The third kappa shape index (κ3) is 7.99. The number of nitrogens with two attached hydrogens (primary N) is 2. The Morgan fingerprint density at radius 3 is 2.58 bits per heavy atom. The summed E-state index contributed by atoms with van der Waals surface area (Å²) in [6.45, 7) is 2.54. The number of hydrogen-bond acceptors (Lipinski definition) is 9. The third-order valence-electron chi connectivity index (χ3n) is 5.43. The summed E-state index contributed by atoms with van der Waals surface area (Å²) in [6.07, 6.45) is 6.12. The monoisotopic (exact) mass is 478 g/mol. The van der Waals surface area contributed by atoms with Crippen LogP contribution in [0.1, 0.15) is 45.4 Å². The topological polar surface area (TPSA) is 123 Å². The zero-order valence-electron chi connectivity index (χ0n) is 19.1. The van der Waals surface area contributed by atoms with Crippen LogP contribution in [-0.2, 0) is 4.74 Å². The van der Waals surface area contributed by atoms with E-state index in [9.17, 15) is 4.39 Å². The maximum atomic E-state index is 11.9. The van der Waals surface area contributed by atoms with E-state index in [0.29, 0.717) is 35.1 Å². The van der Waals surface area contributed by atoms with E-state index < -0.39 is 0 Å². The van der Waals surface area contributed by atoms with Gasteiger partial charge in [-0.15, -0.1) is 0 Å². The van der Waals surface area contributed by atoms with Crippen LogP contribution in [0, 0.1) is 5.82 Å². The smallest absolute Gasteiger partial charge is 0.191 e. The summed E-state index contributed by atoms with van der Waals surface area (Å²) < 4.78 is 17.6. The first-order chi connectivity index (χ1) is 16.0. The first-order valence-electron chi connectivity index (χ1n) is 11.6. The number of anilines is 3. The molecule has 0 radical (unpaired) electrons. The number of aromatic nitrogens is 2. The van der Waals surface area contributed by atoms with Crippen molar-refractivity contribution in [2.75, 3.05) is 35.0 Å². The number of aliphatic hydroxyl groups is 1. The van der Waals surface area contributed by atoms with Gasteiger partial charge in [-0.1, -0.05) is 36.9 Å². The molecule has 1 heterocycles. The van der Waals surface area contributed by atoms with Crippen molar-refractivity contribution in [3.63, 3.8) is 0 Å². The highest BCUT2D eigenvalue weighted by Gasteiger charge is 2.32. The minimum absolute atomic E-state index is 0.0422. The highest BCUT2D eigenvalue weighted by atomic mass is 32.2. The highest BCUT2D eigenvalue weighted by molar-refractivity contribution is 7.99. The molecule has 10 heteroatoms. The fourth-order valence-corrected chi connectivity index (χ4v) is 4.25. The van der Waals surface area contributed by atoms with Crippen molar-refractivity contribution >= 4 is 29.1 Å². The van der Waals surface area contributed by atoms with Gasteiger partial charge in [-0.2, -0.15) is 0 Å². The van der Waals surface area contributed by atoms with E-state index in [1.165, 1.54) is 12.1 Å². The maximum Gasteiger partial charge on any atom is 0.191 e. The Morgan fingerprint density at radius 2 is 1.97 bits per heavy atom. The largest absolute Gasteiger partial charge is 0.394 e. The van der Waals surface area contributed by atoms with Gasteiger partial charge in [0, 0.05) is 17.8 Å². The predicted octanol–water partition coefficient (Wildman–Crippen LogP) is 3.57. The Labute approximate surface area is 199 Å². The number of ether oxygens (including phenoxy) is 1. The van der Waals surface area contributed by atoms with E-state index in [1.807, 2.05) is 0 Å². The molecule has 33 heavy (non-hydrogen) atoms. The Hall–Kier alpha value is -2.14. The SMILES string of the molecule is CCCSc1nc(NC2CC2)c(N)c(N(N)[C@H]2CCC(OCCO)C2)n1.Fc1ccccc1. The van der Waals surface area contributed by atoms with Gasteiger partial charge in [-0.05, 0) is 50.7 Å². The predicted molar refractivity (Wildman–Crippen MR) is 132 cm³/mol. The average molecular weight is 479 g/mol. The molecule has 4 rings (SSSR count). The number of halogens is 1. The lowest BCUT2D eigenvalue weighted by atomic mass is 10.2. The molecule has 1 aromatic carbocycles. The van der Waals surface area contributed by atoms with E-state index in [-0.39, 0.29) is 24.6 Å². The van der Waals surface area contributed by atoms with Crippen LogP contribution in [0.3, 0.4) is 0 Å². The Kier molecular flexibility index (Phi) is 9.98. The molecule has 1 aromatic heterocycles. The normalized spacial score (nSPS) is 19.6. The molecule has 2 saturated carbocycles. The molecule has 0 saturated heterocycles. The number of nitrogens with one attached hydrogen (secondary N) is 1. The number of aliphatic hydroxyl groups excluding tert-OH is 1. The first-order valence-corrected chi connectivity index (χ1v) is 12.5. The molecule has 2 atom stereocenters. The minimum atomic E-state index is -0.178. The van der Waals surface area contributed by atoms with Crippen molar-refractivity contribution in [2.45, 2.75) is 68.8 Å². The number of hydrazine groups is 1. The summed E-state index contributed by atoms with van der Waals surface area (Å²) >= 11 is 1.62. The van der Waals surface area contributed by atoms with Crippen LogP contribution in [0.15, 0.2) is 35.5 Å². The van der Waals surface area contributed by atoms with Crippen molar-refractivity contribution in [1.29, 1.82) is 0 Å². The molecule has 0 aliphatic heterocycles. The van der Waals surface area contributed by atoms with E-state index in [0.717, 1.165) is 44.3 Å². The molecular weight excluding hydrogens is 443 g/mol. The van der Waals surface area contributed by atoms with Crippen LogP contribution in [0.2, 0.25) is 0 Å². The summed E-state index contributed by atoms with van der Waals surface area (Å²) in [5, 5.41) is 14.7. The van der Waals surface area contributed by atoms with Gasteiger partial charge in [0.05, 0.1) is 19.3 Å². The van der Waals surface area contributed by atoms with Gasteiger partial charge in [0.25, 0.3) is 0 Å². The van der Waals surface area contributed by atoms with Crippen LogP contribution in [-0.4, -0.2) is 52.2 Å². The van der Waals surface area contributed by atoms with Crippen LogP contribution in [0.4, 0.5) is 21.7 Å². The highest BCUT2D eigenvalue weighted by Crippen LogP contribution is 2.36.